The Morgan fingerprint density at radius 1 is 1.06 bits per heavy atom. The molecular formula is C22H32Cl3N3O3S. The Labute approximate surface area is 212 Å². The predicted molar refractivity (Wildman–Crippen MR) is 140 cm³/mol. The maximum absolute atomic E-state index is 5.59. The van der Waals surface area contributed by atoms with Gasteiger partial charge in [-0.25, -0.2) is 9.99 Å². The van der Waals surface area contributed by atoms with Crippen molar-refractivity contribution in [1.29, 1.82) is 0 Å². The first-order valence-corrected chi connectivity index (χ1v) is 10.3. The summed E-state index contributed by atoms with van der Waals surface area (Å²) in [5.74, 6) is 0.913. The van der Waals surface area contributed by atoms with Crippen molar-refractivity contribution in [3.63, 3.8) is 0 Å². The van der Waals surface area contributed by atoms with Crippen LogP contribution in [0.25, 0.3) is 10.6 Å². The SMILES string of the molecule is COc1ccc(-c2nccs2)cc1CNN1CCCCC1c1ccccc1.Cl.Cl.Cl.O.O. The number of benzene rings is 2. The highest BCUT2D eigenvalue weighted by molar-refractivity contribution is 7.13. The van der Waals surface area contributed by atoms with Crippen molar-refractivity contribution in [1.82, 2.24) is 15.4 Å². The second-order valence-corrected chi connectivity index (χ2v) is 7.71. The number of halogens is 3. The molecule has 1 unspecified atom stereocenters. The Kier molecular flexibility index (Phi) is 16.6. The number of nitrogens with zero attached hydrogens (tertiary/aromatic N) is 2. The standard InChI is InChI=1S/C22H25N3OS.3ClH.2H2O/c1-26-21-11-10-18(22-23-12-14-27-22)15-19(21)16-24-25-13-6-5-9-20(25)17-7-3-2-4-8-17;;;;;/h2-4,7-8,10-12,14-15,20,24H,5-6,9,13,16H2,1H3;3*1H;2*1H2. The minimum Gasteiger partial charge on any atom is -0.496 e. The number of hydrogen-bond donors (Lipinski definition) is 1. The van der Waals surface area contributed by atoms with Crippen LogP contribution in [-0.2, 0) is 6.54 Å². The topological polar surface area (TPSA) is 100 Å². The molecular weight excluding hydrogens is 493 g/mol. The molecule has 0 bridgehead atoms. The van der Waals surface area contributed by atoms with Gasteiger partial charge in [0.05, 0.1) is 7.11 Å². The van der Waals surface area contributed by atoms with Crippen molar-refractivity contribution in [3.8, 4) is 16.3 Å². The van der Waals surface area contributed by atoms with E-state index in [1.54, 1.807) is 18.4 Å². The lowest BCUT2D eigenvalue weighted by atomic mass is 9.97. The Morgan fingerprint density at radius 2 is 1.81 bits per heavy atom. The number of hydrazine groups is 1. The number of ether oxygens (including phenoxy) is 1. The quantitative estimate of drug-likeness (QED) is 0.506. The van der Waals surface area contributed by atoms with Crippen molar-refractivity contribution >= 4 is 48.6 Å². The molecule has 0 saturated carbocycles. The molecule has 10 heteroatoms. The molecule has 0 radical (unpaired) electrons. The van der Waals surface area contributed by atoms with Gasteiger partial charge in [-0.1, -0.05) is 36.8 Å². The molecule has 1 aliphatic heterocycles. The molecule has 1 fully saturated rings. The molecule has 5 N–H and O–H groups in total. The molecule has 32 heavy (non-hydrogen) atoms. The summed E-state index contributed by atoms with van der Waals surface area (Å²) < 4.78 is 5.59. The Balaban J connectivity index is 0. The number of methoxy groups -OCH3 is 1. The number of hydrogen-bond acceptors (Lipinski definition) is 5. The van der Waals surface area contributed by atoms with Crippen LogP contribution in [0.1, 0.15) is 36.4 Å². The molecule has 4 rings (SSSR count). The zero-order valence-electron chi connectivity index (χ0n) is 17.8. The van der Waals surface area contributed by atoms with Gasteiger partial charge in [-0.2, -0.15) is 0 Å². The lowest BCUT2D eigenvalue weighted by molar-refractivity contribution is 0.0822. The number of piperidine rings is 1. The van der Waals surface area contributed by atoms with Crippen LogP contribution >= 0.6 is 48.6 Å². The van der Waals surface area contributed by atoms with Gasteiger partial charge in [0, 0.05) is 41.8 Å². The molecule has 0 aliphatic carbocycles. The first kappa shape index (κ1) is 32.8. The van der Waals surface area contributed by atoms with Gasteiger partial charge in [-0.05, 0) is 36.6 Å². The fourth-order valence-corrected chi connectivity index (χ4v) is 4.38. The average Bonchev–Trinajstić information content (AvgIpc) is 3.28. The summed E-state index contributed by atoms with van der Waals surface area (Å²) in [7, 11) is 1.73. The van der Waals surface area contributed by atoms with E-state index in [4.69, 9.17) is 4.74 Å². The van der Waals surface area contributed by atoms with E-state index in [0.717, 1.165) is 35.0 Å². The molecule has 1 atom stereocenters. The highest BCUT2D eigenvalue weighted by atomic mass is 35.5. The number of thiazole rings is 1. The van der Waals surface area contributed by atoms with Crippen LogP contribution in [-0.4, -0.2) is 34.6 Å². The van der Waals surface area contributed by atoms with E-state index >= 15 is 0 Å². The van der Waals surface area contributed by atoms with Gasteiger partial charge in [0.15, 0.2) is 0 Å². The first-order valence-electron chi connectivity index (χ1n) is 9.47. The summed E-state index contributed by atoms with van der Waals surface area (Å²) >= 11 is 1.66. The maximum Gasteiger partial charge on any atom is 0.123 e. The molecule has 1 aliphatic rings. The van der Waals surface area contributed by atoms with E-state index in [-0.39, 0.29) is 48.2 Å². The van der Waals surface area contributed by atoms with Gasteiger partial charge in [-0.15, -0.1) is 48.6 Å². The molecule has 1 aromatic heterocycles. The zero-order chi connectivity index (χ0) is 18.5. The first-order chi connectivity index (χ1) is 13.3. The Morgan fingerprint density at radius 3 is 2.47 bits per heavy atom. The minimum atomic E-state index is 0. The second-order valence-electron chi connectivity index (χ2n) is 6.81. The fraction of sp³-hybridized carbons (Fsp3) is 0.318. The molecule has 180 valence electrons. The minimum absolute atomic E-state index is 0. The van der Waals surface area contributed by atoms with Gasteiger partial charge in [0.25, 0.3) is 0 Å². The maximum atomic E-state index is 5.59. The average molecular weight is 525 g/mol. The van der Waals surface area contributed by atoms with Crippen molar-refractivity contribution in [3.05, 3.63) is 71.2 Å². The Bertz CT molecular complexity index is 873. The van der Waals surface area contributed by atoms with Crippen LogP contribution in [0.3, 0.4) is 0 Å². The fourth-order valence-electron chi connectivity index (χ4n) is 3.75. The van der Waals surface area contributed by atoms with Gasteiger partial charge in [0.1, 0.15) is 10.8 Å². The van der Waals surface area contributed by atoms with Crippen molar-refractivity contribution in [2.45, 2.75) is 31.8 Å². The third kappa shape index (κ3) is 7.86. The normalized spacial score (nSPS) is 15.0. The summed E-state index contributed by atoms with van der Waals surface area (Å²) in [5, 5.41) is 5.45. The molecule has 2 heterocycles. The smallest absolute Gasteiger partial charge is 0.123 e. The highest BCUT2D eigenvalue weighted by Crippen LogP contribution is 2.31. The van der Waals surface area contributed by atoms with Crippen LogP contribution in [0.2, 0.25) is 0 Å². The monoisotopic (exact) mass is 523 g/mol. The predicted octanol–water partition coefficient (Wildman–Crippen LogP) is 4.67. The molecule has 6 nitrogen and oxygen atoms in total. The summed E-state index contributed by atoms with van der Waals surface area (Å²) in [6, 6.07) is 17.5. The number of nitrogens with one attached hydrogen (secondary N) is 1. The van der Waals surface area contributed by atoms with Gasteiger partial charge < -0.3 is 15.7 Å². The van der Waals surface area contributed by atoms with E-state index in [0.29, 0.717) is 6.04 Å². The van der Waals surface area contributed by atoms with Crippen molar-refractivity contribution < 1.29 is 15.7 Å². The van der Waals surface area contributed by atoms with Gasteiger partial charge >= 0.3 is 0 Å². The molecule has 1 saturated heterocycles. The number of aromatic nitrogens is 1. The van der Waals surface area contributed by atoms with Crippen LogP contribution in [0, 0.1) is 0 Å². The third-order valence-corrected chi connectivity index (χ3v) is 5.94. The molecule has 3 aromatic rings. The summed E-state index contributed by atoms with van der Waals surface area (Å²) in [6.07, 6.45) is 5.54. The van der Waals surface area contributed by atoms with Gasteiger partial charge in [-0.3, -0.25) is 5.43 Å². The van der Waals surface area contributed by atoms with Crippen LogP contribution in [0.4, 0.5) is 0 Å². The largest absolute Gasteiger partial charge is 0.496 e. The van der Waals surface area contributed by atoms with E-state index in [1.165, 1.54) is 24.8 Å². The van der Waals surface area contributed by atoms with E-state index in [2.05, 4.69) is 57.9 Å². The van der Waals surface area contributed by atoms with Crippen molar-refractivity contribution in [2.24, 2.45) is 0 Å². The third-order valence-electron chi connectivity index (χ3n) is 5.12. The lowest BCUT2D eigenvalue weighted by Crippen LogP contribution is -2.43. The van der Waals surface area contributed by atoms with Crippen molar-refractivity contribution in [2.75, 3.05) is 13.7 Å². The lowest BCUT2D eigenvalue weighted by Gasteiger charge is -2.36. The summed E-state index contributed by atoms with van der Waals surface area (Å²) in [6.45, 7) is 1.81. The molecule has 2 aromatic carbocycles. The molecule has 0 amide bonds. The van der Waals surface area contributed by atoms with E-state index in [1.807, 2.05) is 17.6 Å². The van der Waals surface area contributed by atoms with Crippen LogP contribution in [0.15, 0.2) is 60.1 Å². The van der Waals surface area contributed by atoms with Crippen LogP contribution in [0.5, 0.6) is 5.75 Å². The zero-order valence-corrected chi connectivity index (χ0v) is 21.1. The van der Waals surface area contributed by atoms with E-state index < -0.39 is 0 Å². The summed E-state index contributed by atoms with van der Waals surface area (Å²) in [5.41, 5.74) is 7.35. The summed E-state index contributed by atoms with van der Waals surface area (Å²) in [4.78, 5) is 4.43. The van der Waals surface area contributed by atoms with E-state index in [9.17, 15) is 0 Å². The highest BCUT2D eigenvalue weighted by Gasteiger charge is 2.23. The number of rotatable bonds is 6. The second kappa shape index (κ2) is 16.2. The van der Waals surface area contributed by atoms with Gasteiger partial charge in [0.2, 0.25) is 0 Å². The molecule has 0 spiro atoms. The Hall–Kier alpha value is -1.42. The van der Waals surface area contributed by atoms with Crippen LogP contribution < -0.4 is 10.2 Å².